The average Bonchev–Trinajstić information content (AvgIpc) is 3.11. The molecule has 0 amide bonds. The lowest BCUT2D eigenvalue weighted by Crippen LogP contribution is -2.33. The van der Waals surface area contributed by atoms with E-state index in [0.29, 0.717) is 12.5 Å². The number of thiophene rings is 1. The fourth-order valence-electron chi connectivity index (χ4n) is 2.53. The topological polar surface area (TPSA) is 53.6 Å². The molecule has 0 spiro atoms. The van der Waals surface area contributed by atoms with E-state index in [9.17, 15) is 0 Å². The summed E-state index contributed by atoms with van der Waals surface area (Å²) in [5.74, 6) is 0.515. The summed E-state index contributed by atoms with van der Waals surface area (Å²) in [5, 5.41) is 5.28. The molecule has 1 aromatic heterocycles. The largest absolute Gasteiger partial charge is 0.370 e. The normalized spacial score (nSPS) is 11.4. The molecule has 0 saturated heterocycles. The van der Waals surface area contributed by atoms with Crippen LogP contribution in [0, 0.1) is 0 Å². The first kappa shape index (κ1) is 21.9. The zero-order valence-electron chi connectivity index (χ0n) is 15.1. The fourth-order valence-corrected chi connectivity index (χ4v) is 3.24. The van der Waals surface area contributed by atoms with E-state index in [1.807, 2.05) is 0 Å². The van der Waals surface area contributed by atoms with Crippen molar-refractivity contribution in [3.63, 3.8) is 0 Å². The summed E-state index contributed by atoms with van der Waals surface area (Å²) in [4.78, 5) is 8.21. The van der Waals surface area contributed by atoms with Gasteiger partial charge >= 0.3 is 0 Å². The highest BCUT2D eigenvalue weighted by Gasteiger charge is 2.02. The van der Waals surface area contributed by atoms with Gasteiger partial charge in [-0.15, -0.1) is 35.3 Å². The summed E-state index contributed by atoms with van der Waals surface area (Å²) >= 11 is 1.77. The van der Waals surface area contributed by atoms with Gasteiger partial charge in [0.25, 0.3) is 0 Å². The van der Waals surface area contributed by atoms with Gasteiger partial charge in [0, 0.05) is 18.0 Å². The molecule has 0 atom stereocenters. The van der Waals surface area contributed by atoms with Gasteiger partial charge in [0.15, 0.2) is 5.96 Å². The summed E-state index contributed by atoms with van der Waals surface area (Å²) in [6, 6.07) is 12.8. The van der Waals surface area contributed by atoms with E-state index >= 15 is 0 Å². The van der Waals surface area contributed by atoms with Gasteiger partial charge < -0.3 is 11.1 Å². The van der Waals surface area contributed by atoms with Crippen molar-refractivity contribution >= 4 is 41.3 Å². The lowest BCUT2D eigenvalue weighted by atomic mass is 10.1. The van der Waals surface area contributed by atoms with Crippen LogP contribution < -0.4 is 11.1 Å². The maximum absolute atomic E-state index is 5.96. The lowest BCUT2D eigenvalue weighted by Gasteiger charge is -2.18. The molecule has 2 rings (SSSR count). The summed E-state index contributed by atoms with van der Waals surface area (Å²) < 4.78 is 0. The highest BCUT2D eigenvalue weighted by atomic mass is 127. The number of nitrogens with one attached hydrogen (secondary N) is 1. The van der Waals surface area contributed by atoms with Crippen molar-refractivity contribution in [3.8, 4) is 0 Å². The number of nitrogens with zero attached hydrogens (tertiary/aromatic N) is 2. The van der Waals surface area contributed by atoms with Crippen molar-refractivity contribution in [1.29, 1.82) is 0 Å². The van der Waals surface area contributed by atoms with Crippen LogP contribution in [0.15, 0.2) is 46.8 Å². The van der Waals surface area contributed by atoms with E-state index < -0.39 is 0 Å². The molecular formula is C19H29IN4S. The molecular weight excluding hydrogens is 443 g/mol. The molecule has 0 fully saturated rings. The lowest BCUT2D eigenvalue weighted by molar-refractivity contribution is 0.296. The summed E-state index contributed by atoms with van der Waals surface area (Å²) in [6.45, 7) is 8.95. The monoisotopic (exact) mass is 472 g/mol. The Morgan fingerprint density at radius 3 is 2.60 bits per heavy atom. The van der Waals surface area contributed by atoms with Crippen LogP contribution in [0.4, 0.5) is 0 Å². The summed E-state index contributed by atoms with van der Waals surface area (Å²) in [7, 11) is 0. The van der Waals surface area contributed by atoms with E-state index in [-0.39, 0.29) is 24.0 Å². The van der Waals surface area contributed by atoms with Gasteiger partial charge in [0.2, 0.25) is 0 Å². The smallest absolute Gasteiger partial charge is 0.188 e. The molecule has 0 radical (unpaired) electrons. The molecule has 25 heavy (non-hydrogen) atoms. The standard InChI is InChI=1S/C19H28N4S.HI/c1-3-23(4-2)15-17-8-5-7-16(13-17)14-22-19(20)21-11-10-18-9-6-12-24-18;/h5-9,12-13H,3-4,10-11,14-15H2,1-2H3,(H3,20,21,22);1H. The molecule has 3 N–H and O–H groups in total. The molecule has 6 heteroatoms. The number of guanidine groups is 1. The van der Waals surface area contributed by atoms with Crippen LogP contribution >= 0.6 is 35.3 Å². The first-order valence-corrected chi connectivity index (χ1v) is 9.45. The van der Waals surface area contributed by atoms with E-state index in [2.05, 4.69) is 70.8 Å². The van der Waals surface area contributed by atoms with Crippen molar-refractivity contribution < 1.29 is 0 Å². The maximum Gasteiger partial charge on any atom is 0.188 e. The van der Waals surface area contributed by atoms with Crippen molar-refractivity contribution in [2.24, 2.45) is 10.7 Å². The fraction of sp³-hybridized carbons (Fsp3) is 0.421. The van der Waals surface area contributed by atoms with Gasteiger partial charge in [-0.2, -0.15) is 0 Å². The number of nitrogens with two attached hydrogens (primary N) is 1. The second-order valence-electron chi connectivity index (χ2n) is 5.74. The van der Waals surface area contributed by atoms with E-state index in [1.165, 1.54) is 16.0 Å². The Hall–Kier alpha value is -1.12. The van der Waals surface area contributed by atoms with Gasteiger partial charge in [0.1, 0.15) is 0 Å². The Labute approximate surface area is 172 Å². The van der Waals surface area contributed by atoms with Gasteiger partial charge in [-0.3, -0.25) is 4.90 Å². The van der Waals surface area contributed by atoms with Crippen molar-refractivity contribution in [2.45, 2.75) is 33.4 Å². The molecule has 138 valence electrons. The molecule has 1 heterocycles. The molecule has 1 aromatic carbocycles. The molecule has 4 nitrogen and oxygen atoms in total. The predicted octanol–water partition coefficient (Wildman–Crippen LogP) is 3.85. The number of aliphatic imine (C=N–C) groups is 1. The maximum atomic E-state index is 5.96. The zero-order valence-corrected chi connectivity index (χ0v) is 18.2. The zero-order chi connectivity index (χ0) is 17.2. The van der Waals surface area contributed by atoms with E-state index in [0.717, 1.165) is 32.6 Å². The highest BCUT2D eigenvalue weighted by molar-refractivity contribution is 14.0. The quantitative estimate of drug-likeness (QED) is 0.331. The van der Waals surface area contributed by atoms with Crippen LogP contribution in [-0.4, -0.2) is 30.5 Å². The SMILES string of the molecule is CCN(CC)Cc1cccc(CN=C(N)NCCc2cccs2)c1.I. The molecule has 0 bridgehead atoms. The molecule has 0 unspecified atom stereocenters. The molecule has 0 aliphatic heterocycles. The number of halogens is 1. The highest BCUT2D eigenvalue weighted by Crippen LogP contribution is 2.10. The molecule has 0 aliphatic carbocycles. The Morgan fingerprint density at radius 2 is 1.92 bits per heavy atom. The third kappa shape index (κ3) is 8.20. The Bertz CT molecular complexity index is 624. The number of hydrogen-bond acceptors (Lipinski definition) is 3. The van der Waals surface area contributed by atoms with Gasteiger partial charge in [-0.1, -0.05) is 44.2 Å². The first-order chi connectivity index (χ1) is 11.7. The Balaban J connectivity index is 0.00000312. The van der Waals surface area contributed by atoms with Gasteiger partial charge in [-0.05, 0) is 42.1 Å². The van der Waals surface area contributed by atoms with Crippen LogP contribution in [-0.2, 0) is 19.5 Å². The Morgan fingerprint density at radius 1 is 1.16 bits per heavy atom. The minimum absolute atomic E-state index is 0. The average molecular weight is 472 g/mol. The van der Waals surface area contributed by atoms with E-state index in [4.69, 9.17) is 5.73 Å². The first-order valence-electron chi connectivity index (χ1n) is 8.57. The Kier molecular flexibility index (Phi) is 10.8. The van der Waals surface area contributed by atoms with Crippen LogP contribution in [0.2, 0.25) is 0 Å². The van der Waals surface area contributed by atoms with Gasteiger partial charge in [-0.25, -0.2) is 4.99 Å². The van der Waals surface area contributed by atoms with Crippen molar-refractivity contribution in [2.75, 3.05) is 19.6 Å². The van der Waals surface area contributed by atoms with Crippen molar-refractivity contribution in [3.05, 3.63) is 57.8 Å². The second kappa shape index (κ2) is 12.3. The third-order valence-corrected chi connectivity index (χ3v) is 4.92. The molecule has 2 aromatic rings. The summed E-state index contributed by atoms with van der Waals surface area (Å²) in [6.07, 6.45) is 0.979. The van der Waals surface area contributed by atoms with E-state index in [1.54, 1.807) is 11.3 Å². The second-order valence-corrected chi connectivity index (χ2v) is 6.77. The number of benzene rings is 1. The third-order valence-electron chi connectivity index (χ3n) is 3.98. The number of rotatable bonds is 9. The van der Waals surface area contributed by atoms with Crippen LogP contribution in [0.1, 0.15) is 29.9 Å². The van der Waals surface area contributed by atoms with Crippen LogP contribution in [0.5, 0.6) is 0 Å². The minimum Gasteiger partial charge on any atom is -0.370 e. The molecule has 0 aliphatic rings. The van der Waals surface area contributed by atoms with Crippen molar-refractivity contribution in [1.82, 2.24) is 10.2 Å². The predicted molar refractivity (Wildman–Crippen MR) is 120 cm³/mol. The van der Waals surface area contributed by atoms with Crippen LogP contribution in [0.3, 0.4) is 0 Å². The number of hydrogen-bond donors (Lipinski definition) is 2. The van der Waals surface area contributed by atoms with Gasteiger partial charge in [0.05, 0.1) is 6.54 Å². The molecule has 0 saturated carbocycles. The minimum atomic E-state index is 0. The van der Waals surface area contributed by atoms with Crippen LogP contribution in [0.25, 0.3) is 0 Å². The summed E-state index contributed by atoms with van der Waals surface area (Å²) in [5.41, 5.74) is 8.48.